The summed E-state index contributed by atoms with van der Waals surface area (Å²) in [5.74, 6) is 1.36. The molecule has 6 nitrogen and oxygen atoms in total. The highest BCUT2D eigenvalue weighted by Crippen LogP contribution is 2.43. The molecule has 0 bridgehead atoms. The summed E-state index contributed by atoms with van der Waals surface area (Å²) < 4.78 is 16.5. The van der Waals surface area contributed by atoms with Crippen LogP contribution in [0.4, 0.5) is 5.69 Å². The third-order valence-electron chi connectivity index (χ3n) is 5.47. The van der Waals surface area contributed by atoms with E-state index >= 15 is 0 Å². The highest BCUT2D eigenvalue weighted by atomic mass is 16.5. The number of hydrogen-bond acceptors (Lipinski definition) is 6. The number of benzene rings is 2. The highest BCUT2D eigenvalue weighted by Gasteiger charge is 2.34. The van der Waals surface area contributed by atoms with Crippen LogP contribution in [0, 0.1) is 6.92 Å². The molecule has 0 aliphatic carbocycles. The molecule has 0 saturated carbocycles. The SMILES string of the molecule is COc1cc(OC)c2nc(C)c3c(c2c1)N(CCc1ccccc1)C(OC=O)C3. The van der Waals surface area contributed by atoms with Crippen molar-refractivity contribution in [3.63, 3.8) is 0 Å². The van der Waals surface area contributed by atoms with Gasteiger partial charge in [0.25, 0.3) is 6.47 Å². The molecule has 1 unspecified atom stereocenters. The monoisotopic (exact) mass is 392 g/mol. The smallest absolute Gasteiger partial charge is 0.295 e. The van der Waals surface area contributed by atoms with E-state index in [1.807, 2.05) is 37.3 Å². The van der Waals surface area contributed by atoms with E-state index in [1.165, 1.54) is 5.56 Å². The second-order valence-electron chi connectivity index (χ2n) is 7.07. The molecule has 4 rings (SSSR count). The highest BCUT2D eigenvalue weighted by molar-refractivity contribution is 5.99. The molecule has 29 heavy (non-hydrogen) atoms. The zero-order valence-electron chi connectivity index (χ0n) is 16.8. The fourth-order valence-corrected chi connectivity index (χ4v) is 4.06. The van der Waals surface area contributed by atoms with E-state index in [-0.39, 0.29) is 6.23 Å². The Morgan fingerprint density at radius 1 is 1.17 bits per heavy atom. The number of aryl methyl sites for hydroxylation is 1. The van der Waals surface area contributed by atoms with E-state index in [9.17, 15) is 4.79 Å². The van der Waals surface area contributed by atoms with Gasteiger partial charge in [0.1, 0.15) is 17.0 Å². The first-order valence-electron chi connectivity index (χ1n) is 9.61. The number of carbonyl (C=O) groups excluding carboxylic acids is 1. The van der Waals surface area contributed by atoms with E-state index in [4.69, 9.17) is 19.2 Å². The first-order valence-corrected chi connectivity index (χ1v) is 9.61. The standard InChI is InChI=1S/C23H24N2O4/c1-15-18-13-21(29-14-26)25(10-9-16-7-5-4-6-8-16)23(18)19-11-17(27-2)12-20(28-3)22(19)24-15/h4-8,11-12,14,21H,9-10,13H2,1-3H3. The number of aromatic nitrogens is 1. The van der Waals surface area contributed by atoms with Crippen LogP contribution in [0.2, 0.25) is 0 Å². The molecule has 1 atom stereocenters. The molecule has 0 N–H and O–H groups in total. The number of pyridine rings is 1. The molecule has 0 spiro atoms. The Morgan fingerprint density at radius 3 is 2.66 bits per heavy atom. The molecule has 0 fully saturated rings. The van der Waals surface area contributed by atoms with Crippen molar-refractivity contribution in [1.82, 2.24) is 4.98 Å². The van der Waals surface area contributed by atoms with E-state index < -0.39 is 0 Å². The van der Waals surface area contributed by atoms with Crippen molar-refractivity contribution in [3.8, 4) is 11.5 Å². The van der Waals surface area contributed by atoms with Gasteiger partial charge in [0, 0.05) is 35.7 Å². The fraction of sp³-hybridized carbons (Fsp3) is 0.304. The van der Waals surface area contributed by atoms with Gasteiger partial charge in [-0.2, -0.15) is 0 Å². The number of fused-ring (bicyclic) bond motifs is 3. The van der Waals surface area contributed by atoms with Crippen LogP contribution in [0.25, 0.3) is 10.9 Å². The van der Waals surface area contributed by atoms with Crippen molar-refractivity contribution in [2.45, 2.75) is 26.0 Å². The lowest BCUT2D eigenvalue weighted by Gasteiger charge is -2.27. The van der Waals surface area contributed by atoms with Crippen LogP contribution in [0.1, 0.15) is 16.8 Å². The first-order chi connectivity index (χ1) is 14.2. The molecule has 2 aromatic carbocycles. The quantitative estimate of drug-likeness (QED) is 0.572. The van der Waals surface area contributed by atoms with Crippen LogP contribution in [0.3, 0.4) is 0 Å². The minimum absolute atomic E-state index is 0.352. The Hall–Kier alpha value is -3.28. The van der Waals surface area contributed by atoms with Crippen LogP contribution < -0.4 is 14.4 Å². The molecule has 1 aliphatic heterocycles. The van der Waals surface area contributed by atoms with E-state index in [0.717, 1.165) is 34.3 Å². The molecule has 6 heteroatoms. The molecular formula is C23H24N2O4. The zero-order valence-corrected chi connectivity index (χ0v) is 16.8. The molecule has 0 radical (unpaired) electrons. The zero-order chi connectivity index (χ0) is 20.4. The molecule has 1 aliphatic rings. The number of hydrogen-bond donors (Lipinski definition) is 0. The predicted molar refractivity (Wildman–Crippen MR) is 112 cm³/mol. The van der Waals surface area contributed by atoms with E-state index in [1.54, 1.807) is 14.2 Å². The maximum Gasteiger partial charge on any atom is 0.295 e. The van der Waals surface area contributed by atoms with Gasteiger partial charge in [-0.3, -0.25) is 4.79 Å². The maximum absolute atomic E-state index is 11.2. The van der Waals surface area contributed by atoms with Gasteiger partial charge >= 0.3 is 0 Å². The van der Waals surface area contributed by atoms with Gasteiger partial charge in [-0.1, -0.05) is 30.3 Å². The van der Waals surface area contributed by atoms with Crippen molar-refractivity contribution in [3.05, 3.63) is 59.3 Å². The Labute approximate surface area is 170 Å². The van der Waals surface area contributed by atoms with Gasteiger partial charge in [0.15, 0.2) is 6.23 Å². The number of carbonyl (C=O) groups is 1. The number of rotatable bonds is 7. The Balaban J connectivity index is 1.84. The Morgan fingerprint density at radius 2 is 1.97 bits per heavy atom. The van der Waals surface area contributed by atoms with Gasteiger partial charge < -0.3 is 19.1 Å². The van der Waals surface area contributed by atoms with E-state index in [0.29, 0.717) is 30.9 Å². The van der Waals surface area contributed by atoms with Gasteiger partial charge in [-0.05, 0) is 25.0 Å². The minimum atomic E-state index is -0.352. The summed E-state index contributed by atoms with van der Waals surface area (Å²) in [7, 11) is 3.26. The third-order valence-corrected chi connectivity index (χ3v) is 5.47. The van der Waals surface area contributed by atoms with Crippen molar-refractivity contribution in [1.29, 1.82) is 0 Å². The maximum atomic E-state index is 11.2. The summed E-state index contributed by atoms with van der Waals surface area (Å²) in [6, 6.07) is 14.1. The average Bonchev–Trinajstić information content (AvgIpc) is 3.12. The lowest BCUT2D eigenvalue weighted by molar-refractivity contribution is -0.133. The molecular weight excluding hydrogens is 368 g/mol. The summed E-state index contributed by atoms with van der Waals surface area (Å²) in [5.41, 5.74) is 5.05. The lowest BCUT2D eigenvalue weighted by atomic mass is 10.0. The largest absolute Gasteiger partial charge is 0.497 e. The van der Waals surface area contributed by atoms with Crippen LogP contribution in [-0.4, -0.2) is 38.4 Å². The van der Waals surface area contributed by atoms with Gasteiger partial charge in [0.05, 0.1) is 19.9 Å². The van der Waals surface area contributed by atoms with Crippen LogP contribution in [-0.2, 0) is 22.4 Å². The van der Waals surface area contributed by atoms with Crippen LogP contribution in [0.5, 0.6) is 11.5 Å². The van der Waals surface area contributed by atoms with Gasteiger partial charge in [-0.15, -0.1) is 0 Å². The van der Waals surface area contributed by atoms with Crippen LogP contribution in [0.15, 0.2) is 42.5 Å². The van der Waals surface area contributed by atoms with Crippen molar-refractivity contribution in [2.24, 2.45) is 0 Å². The van der Waals surface area contributed by atoms with Gasteiger partial charge in [-0.25, -0.2) is 4.98 Å². The van der Waals surface area contributed by atoms with Crippen molar-refractivity contribution < 1.29 is 19.0 Å². The second kappa shape index (κ2) is 7.99. The van der Waals surface area contributed by atoms with Crippen LogP contribution >= 0.6 is 0 Å². The summed E-state index contributed by atoms with van der Waals surface area (Å²) in [6.07, 6.45) is 1.09. The number of methoxy groups -OCH3 is 2. The minimum Gasteiger partial charge on any atom is -0.497 e. The lowest BCUT2D eigenvalue weighted by Crippen LogP contribution is -2.35. The molecule has 2 heterocycles. The number of ether oxygens (including phenoxy) is 3. The van der Waals surface area contributed by atoms with E-state index in [2.05, 4.69) is 17.0 Å². The molecule has 0 saturated heterocycles. The predicted octanol–water partition coefficient (Wildman–Crippen LogP) is 3.66. The Kier molecular flexibility index (Phi) is 5.25. The molecule has 1 aromatic heterocycles. The number of nitrogens with zero attached hydrogens (tertiary/aromatic N) is 2. The van der Waals surface area contributed by atoms with Crippen molar-refractivity contribution in [2.75, 3.05) is 25.7 Å². The van der Waals surface area contributed by atoms with Crippen molar-refractivity contribution >= 4 is 23.1 Å². The van der Waals surface area contributed by atoms with Gasteiger partial charge in [0.2, 0.25) is 0 Å². The topological polar surface area (TPSA) is 60.9 Å². The summed E-state index contributed by atoms with van der Waals surface area (Å²) in [6.45, 7) is 3.23. The molecule has 3 aromatic rings. The third kappa shape index (κ3) is 3.46. The number of anilines is 1. The molecule has 0 amide bonds. The first kappa shape index (κ1) is 19.1. The fourth-order valence-electron chi connectivity index (χ4n) is 4.06. The average molecular weight is 392 g/mol. The Bertz CT molecular complexity index is 1040. The summed E-state index contributed by atoms with van der Waals surface area (Å²) >= 11 is 0. The molecule has 150 valence electrons. The normalized spacial score (nSPS) is 15.3. The summed E-state index contributed by atoms with van der Waals surface area (Å²) in [5, 5.41) is 0.937. The second-order valence-corrected chi connectivity index (χ2v) is 7.07. The summed E-state index contributed by atoms with van der Waals surface area (Å²) in [4.78, 5) is 18.1.